The quantitative estimate of drug-likeness (QED) is 0.0339. The maximum atomic E-state index is 13.0. The number of benzene rings is 3. The number of unbranched alkanes of at least 4 members (excludes halogenated alkanes) is 3. The minimum absolute atomic E-state index is 0.220. The lowest BCUT2D eigenvalue weighted by atomic mass is 10.1. The average Bonchev–Trinajstić information content (AvgIpc) is 3.10. The molecule has 3 aromatic carbocycles. The van der Waals surface area contributed by atoms with Gasteiger partial charge >= 0.3 is 23.9 Å². The molecule has 11 heteroatoms. The first-order valence-electron chi connectivity index (χ1n) is 14.7. The van der Waals surface area contributed by atoms with E-state index in [0.29, 0.717) is 37.6 Å². The van der Waals surface area contributed by atoms with E-state index in [1.165, 1.54) is 18.2 Å². The van der Waals surface area contributed by atoms with Gasteiger partial charge in [-0.15, -0.1) is 0 Å². The first-order chi connectivity index (χ1) is 22.8. The van der Waals surface area contributed by atoms with Crippen LogP contribution in [0.5, 0.6) is 23.0 Å². The number of rotatable bonds is 20. The zero-order chi connectivity index (χ0) is 33.9. The lowest BCUT2D eigenvalue weighted by molar-refractivity contribution is -0.145. The van der Waals surface area contributed by atoms with Crippen molar-refractivity contribution in [3.63, 3.8) is 0 Å². The van der Waals surface area contributed by atoms with Gasteiger partial charge in [0.05, 0.1) is 18.8 Å². The van der Waals surface area contributed by atoms with Crippen molar-refractivity contribution in [2.45, 2.75) is 25.7 Å². The molecule has 3 aromatic rings. The molecule has 246 valence electrons. The molecule has 11 nitrogen and oxygen atoms in total. The highest BCUT2D eigenvalue weighted by Gasteiger charge is 2.15. The van der Waals surface area contributed by atoms with Gasteiger partial charge in [0, 0.05) is 18.2 Å². The summed E-state index contributed by atoms with van der Waals surface area (Å²) in [5.41, 5.74) is 1.99. The Bertz CT molecular complexity index is 1530. The van der Waals surface area contributed by atoms with Crippen LogP contribution in [0, 0.1) is 0 Å². The molecule has 0 amide bonds. The number of hydrogen-bond donors (Lipinski definition) is 0. The second-order valence-electron chi connectivity index (χ2n) is 9.59. The maximum Gasteiger partial charge on any atom is 0.343 e. The van der Waals surface area contributed by atoms with Gasteiger partial charge < -0.3 is 33.2 Å². The van der Waals surface area contributed by atoms with E-state index in [1.807, 2.05) is 24.3 Å². The summed E-state index contributed by atoms with van der Waals surface area (Å²) in [6, 6.07) is 18.7. The van der Waals surface area contributed by atoms with Crippen molar-refractivity contribution in [1.82, 2.24) is 0 Å². The standard InChI is InChI=1S/C36H36O11/c1-4-33(37)42-22-10-8-7-9-21-41-32-23-28(15-20-31(32)44-25-46-35(39)6-3)36(40)47-30-18-13-27(14-19-30)26-11-16-29(17-12-26)43-24-45-34(38)5-2/h4-6,11-20,23H,1-3,7-10,21-22,24-25H2. The fourth-order valence-corrected chi connectivity index (χ4v) is 3.89. The largest absolute Gasteiger partial charge is 0.490 e. The lowest BCUT2D eigenvalue weighted by Gasteiger charge is -2.14. The van der Waals surface area contributed by atoms with Gasteiger partial charge in [-0.1, -0.05) is 44.0 Å². The van der Waals surface area contributed by atoms with Crippen LogP contribution in [-0.2, 0) is 28.6 Å². The van der Waals surface area contributed by atoms with Gasteiger partial charge in [-0.3, -0.25) is 0 Å². The first-order valence-corrected chi connectivity index (χ1v) is 14.7. The molecule has 0 heterocycles. The molecule has 0 atom stereocenters. The minimum Gasteiger partial charge on any atom is -0.490 e. The van der Waals surface area contributed by atoms with Crippen LogP contribution in [0.2, 0.25) is 0 Å². The zero-order valence-electron chi connectivity index (χ0n) is 25.9. The van der Waals surface area contributed by atoms with Crippen LogP contribution < -0.4 is 18.9 Å². The Balaban J connectivity index is 1.58. The van der Waals surface area contributed by atoms with Crippen molar-refractivity contribution < 1.29 is 52.3 Å². The molecule has 0 saturated carbocycles. The highest BCUT2D eigenvalue weighted by molar-refractivity contribution is 5.92. The zero-order valence-corrected chi connectivity index (χ0v) is 25.9. The van der Waals surface area contributed by atoms with Crippen LogP contribution >= 0.6 is 0 Å². The summed E-state index contributed by atoms with van der Waals surface area (Å²) < 4.78 is 37.1. The number of carbonyl (C=O) groups excluding carboxylic acids is 4. The number of hydrogen-bond acceptors (Lipinski definition) is 11. The van der Waals surface area contributed by atoms with Crippen LogP contribution in [0.3, 0.4) is 0 Å². The van der Waals surface area contributed by atoms with E-state index in [2.05, 4.69) is 19.7 Å². The summed E-state index contributed by atoms with van der Waals surface area (Å²) >= 11 is 0. The summed E-state index contributed by atoms with van der Waals surface area (Å²) in [6.07, 6.45) is 6.26. The van der Waals surface area contributed by atoms with E-state index >= 15 is 0 Å². The van der Waals surface area contributed by atoms with Crippen LogP contribution in [-0.4, -0.2) is 50.7 Å². The fourth-order valence-electron chi connectivity index (χ4n) is 3.89. The molecule has 0 fully saturated rings. The molecule has 0 aromatic heterocycles. The topological polar surface area (TPSA) is 133 Å². The van der Waals surface area contributed by atoms with Crippen molar-refractivity contribution in [2.75, 3.05) is 26.8 Å². The third-order valence-corrected chi connectivity index (χ3v) is 6.31. The van der Waals surface area contributed by atoms with Crippen LogP contribution in [0.4, 0.5) is 0 Å². The van der Waals surface area contributed by atoms with Crippen molar-refractivity contribution in [3.05, 3.63) is 110 Å². The van der Waals surface area contributed by atoms with E-state index < -0.39 is 23.9 Å². The number of esters is 4. The summed E-state index contributed by atoms with van der Waals surface area (Å²) in [7, 11) is 0. The van der Waals surface area contributed by atoms with Crippen molar-refractivity contribution in [2.24, 2.45) is 0 Å². The first kappa shape index (κ1) is 35.6. The van der Waals surface area contributed by atoms with Gasteiger partial charge in [0.15, 0.2) is 11.5 Å². The van der Waals surface area contributed by atoms with Gasteiger partial charge in [0.2, 0.25) is 13.6 Å². The highest BCUT2D eigenvalue weighted by atomic mass is 16.7. The number of ether oxygens (including phenoxy) is 7. The van der Waals surface area contributed by atoms with Crippen molar-refractivity contribution >= 4 is 23.9 Å². The molecule has 3 rings (SSSR count). The second kappa shape index (κ2) is 19.5. The maximum absolute atomic E-state index is 13.0. The Hall–Kier alpha value is -5.84. The smallest absolute Gasteiger partial charge is 0.343 e. The molecule has 0 bridgehead atoms. The molecular formula is C36H36O11. The van der Waals surface area contributed by atoms with E-state index in [4.69, 9.17) is 33.2 Å². The molecule has 0 spiro atoms. The van der Waals surface area contributed by atoms with Gasteiger partial charge in [-0.05, 0) is 79.3 Å². The van der Waals surface area contributed by atoms with E-state index in [1.54, 1.807) is 24.3 Å². The normalized spacial score (nSPS) is 10.1. The van der Waals surface area contributed by atoms with E-state index in [0.717, 1.165) is 42.2 Å². The summed E-state index contributed by atoms with van der Waals surface area (Å²) in [5, 5.41) is 0. The molecule has 47 heavy (non-hydrogen) atoms. The Kier molecular flexibility index (Phi) is 14.8. The minimum atomic E-state index is -0.646. The number of carbonyl (C=O) groups is 4. The predicted octanol–water partition coefficient (Wildman–Crippen LogP) is 6.37. The SMILES string of the molecule is C=CC(=O)OCCCCCCOc1cc(C(=O)Oc2ccc(-c3ccc(OCOC(=O)C=C)cc3)cc2)ccc1OCOC(=O)C=C. The Morgan fingerprint density at radius 3 is 1.66 bits per heavy atom. The molecule has 0 aliphatic carbocycles. The molecule has 0 unspecified atom stereocenters. The third kappa shape index (κ3) is 12.6. The molecular weight excluding hydrogens is 608 g/mol. The van der Waals surface area contributed by atoms with Gasteiger partial charge in [-0.2, -0.15) is 0 Å². The second-order valence-corrected chi connectivity index (χ2v) is 9.59. The van der Waals surface area contributed by atoms with Gasteiger partial charge in [0.25, 0.3) is 0 Å². The molecule has 0 aliphatic rings. The molecule has 0 N–H and O–H groups in total. The summed E-state index contributed by atoms with van der Waals surface area (Å²) in [4.78, 5) is 46.6. The van der Waals surface area contributed by atoms with Gasteiger partial charge in [-0.25, -0.2) is 19.2 Å². The third-order valence-electron chi connectivity index (χ3n) is 6.31. The Labute approximate surface area is 272 Å². The molecule has 0 radical (unpaired) electrons. The average molecular weight is 645 g/mol. The fraction of sp³-hybridized carbons (Fsp3) is 0.222. The van der Waals surface area contributed by atoms with Crippen molar-refractivity contribution in [1.29, 1.82) is 0 Å². The predicted molar refractivity (Wildman–Crippen MR) is 172 cm³/mol. The Morgan fingerprint density at radius 1 is 0.532 bits per heavy atom. The lowest BCUT2D eigenvalue weighted by Crippen LogP contribution is -2.11. The Morgan fingerprint density at radius 2 is 1.06 bits per heavy atom. The van der Waals surface area contributed by atoms with Crippen LogP contribution in [0.1, 0.15) is 36.0 Å². The highest BCUT2D eigenvalue weighted by Crippen LogP contribution is 2.30. The monoisotopic (exact) mass is 644 g/mol. The van der Waals surface area contributed by atoms with E-state index in [9.17, 15) is 19.2 Å². The summed E-state index contributed by atoms with van der Waals surface area (Å²) in [5.74, 6) is -0.873. The van der Waals surface area contributed by atoms with Crippen LogP contribution in [0.25, 0.3) is 11.1 Å². The molecule has 0 aliphatic heterocycles. The molecule has 0 saturated heterocycles. The van der Waals surface area contributed by atoms with Crippen LogP contribution in [0.15, 0.2) is 105 Å². The van der Waals surface area contributed by atoms with Gasteiger partial charge in [0.1, 0.15) is 11.5 Å². The summed E-state index contributed by atoms with van der Waals surface area (Å²) in [6.45, 7) is 10.1. The van der Waals surface area contributed by atoms with E-state index in [-0.39, 0.29) is 30.6 Å². The van der Waals surface area contributed by atoms with Crippen molar-refractivity contribution in [3.8, 4) is 34.1 Å².